The third kappa shape index (κ3) is 1.94. The number of rotatable bonds is 1. The fraction of sp³-hybridized carbons (Fsp3) is 0.562. The average molecular weight is 290 g/mol. The van der Waals surface area contributed by atoms with E-state index < -0.39 is 0 Å². The van der Waals surface area contributed by atoms with Gasteiger partial charge in [0.1, 0.15) is 11.6 Å². The second-order valence-corrected chi connectivity index (χ2v) is 6.33. The monoisotopic (exact) mass is 290 g/mol. The maximum Gasteiger partial charge on any atom is 0.227 e. The van der Waals surface area contributed by atoms with Crippen LogP contribution in [0.15, 0.2) is 18.2 Å². The van der Waals surface area contributed by atoms with E-state index in [2.05, 4.69) is 4.90 Å². The summed E-state index contributed by atoms with van der Waals surface area (Å²) >= 11 is 0. The number of carbonyl (C=O) groups is 1. The number of halogens is 1. The lowest BCUT2D eigenvalue weighted by Gasteiger charge is -2.36. The predicted octanol–water partition coefficient (Wildman–Crippen LogP) is 1.67. The van der Waals surface area contributed by atoms with Gasteiger partial charge in [0.25, 0.3) is 0 Å². The SMILES string of the molecule is CN1C[C@@H](C(=O)N2CCC2)[C@@H]2COc3ccc(F)cc3[C@@H]21. The van der Waals surface area contributed by atoms with Gasteiger partial charge in [0.15, 0.2) is 0 Å². The maximum atomic E-state index is 13.6. The molecule has 0 unspecified atom stereocenters. The first-order valence-corrected chi connectivity index (χ1v) is 7.56. The molecule has 3 aliphatic heterocycles. The van der Waals surface area contributed by atoms with Crippen LogP contribution in [0.25, 0.3) is 0 Å². The van der Waals surface area contributed by atoms with Crippen molar-refractivity contribution in [3.05, 3.63) is 29.6 Å². The molecule has 4 nitrogen and oxygen atoms in total. The van der Waals surface area contributed by atoms with Crippen LogP contribution in [0.2, 0.25) is 0 Å². The highest BCUT2D eigenvalue weighted by Gasteiger charge is 2.49. The first kappa shape index (κ1) is 13.1. The van der Waals surface area contributed by atoms with Crippen molar-refractivity contribution in [2.75, 3.05) is 33.3 Å². The third-order valence-corrected chi connectivity index (χ3v) is 5.09. The Labute approximate surface area is 123 Å². The number of amides is 1. The number of hydrogen-bond acceptors (Lipinski definition) is 3. The Kier molecular flexibility index (Phi) is 2.92. The number of carbonyl (C=O) groups excluding carboxylic acids is 1. The van der Waals surface area contributed by atoms with E-state index in [1.165, 1.54) is 6.07 Å². The molecule has 0 saturated carbocycles. The molecule has 0 aromatic heterocycles. The molecule has 2 fully saturated rings. The molecule has 0 N–H and O–H groups in total. The quantitative estimate of drug-likeness (QED) is 0.789. The van der Waals surface area contributed by atoms with E-state index in [0.29, 0.717) is 6.61 Å². The molecular weight excluding hydrogens is 271 g/mol. The molecule has 1 amide bonds. The van der Waals surface area contributed by atoms with Crippen LogP contribution < -0.4 is 4.74 Å². The minimum atomic E-state index is -0.246. The highest BCUT2D eigenvalue weighted by atomic mass is 19.1. The van der Waals surface area contributed by atoms with Crippen LogP contribution in [0.4, 0.5) is 4.39 Å². The normalized spacial score (nSPS) is 31.1. The molecule has 5 heteroatoms. The first-order chi connectivity index (χ1) is 10.1. The lowest BCUT2D eigenvalue weighted by molar-refractivity contribution is -0.140. The highest BCUT2D eigenvalue weighted by Crippen LogP contribution is 2.47. The van der Waals surface area contributed by atoms with Crippen molar-refractivity contribution >= 4 is 5.91 Å². The van der Waals surface area contributed by atoms with Crippen molar-refractivity contribution in [1.29, 1.82) is 0 Å². The van der Waals surface area contributed by atoms with Crippen LogP contribution in [0.5, 0.6) is 5.75 Å². The summed E-state index contributed by atoms with van der Waals surface area (Å²) in [5.41, 5.74) is 0.882. The van der Waals surface area contributed by atoms with Crippen LogP contribution in [-0.2, 0) is 4.79 Å². The molecule has 3 aliphatic rings. The number of fused-ring (bicyclic) bond motifs is 3. The van der Waals surface area contributed by atoms with Crippen LogP contribution in [0.1, 0.15) is 18.0 Å². The van der Waals surface area contributed by atoms with Crippen molar-refractivity contribution in [2.24, 2.45) is 11.8 Å². The van der Waals surface area contributed by atoms with Gasteiger partial charge in [-0.05, 0) is 31.7 Å². The fourth-order valence-electron chi connectivity index (χ4n) is 3.88. The number of hydrogen-bond donors (Lipinski definition) is 0. The van der Waals surface area contributed by atoms with Crippen LogP contribution in [0.3, 0.4) is 0 Å². The Hall–Kier alpha value is -1.62. The number of nitrogens with zero attached hydrogens (tertiary/aromatic N) is 2. The summed E-state index contributed by atoms with van der Waals surface area (Å²) < 4.78 is 19.4. The minimum absolute atomic E-state index is 0.0308. The molecule has 1 aromatic carbocycles. The van der Waals surface area contributed by atoms with Crippen LogP contribution in [0, 0.1) is 17.7 Å². The molecule has 2 saturated heterocycles. The predicted molar refractivity (Wildman–Crippen MR) is 75.4 cm³/mol. The molecule has 0 aliphatic carbocycles. The Morgan fingerprint density at radius 3 is 2.90 bits per heavy atom. The lowest BCUT2D eigenvalue weighted by Crippen LogP contribution is -2.47. The highest BCUT2D eigenvalue weighted by molar-refractivity contribution is 5.80. The minimum Gasteiger partial charge on any atom is -0.493 e. The van der Waals surface area contributed by atoms with E-state index in [0.717, 1.165) is 37.4 Å². The van der Waals surface area contributed by atoms with E-state index >= 15 is 0 Å². The standard InChI is InChI=1S/C16H19FN2O2/c1-18-8-12(16(20)19-5-2-6-19)13-9-21-14-4-3-10(17)7-11(14)15(13)18/h3-4,7,12-13,15H,2,5-6,8-9H2,1H3/t12-,13+,15+/m1/s1. The lowest BCUT2D eigenvalue weighted by atomic mass is 9.84. The van der Waals surface area contributed by atoms with Gasteiger partial charge in [0.2, 0.25) is 5.91 Å². The number of benzene rings is 1. The molecule has 0 bridgehead atoms. The zero-order valence-corrected chi connectivity index (χ0v) is 12.1. The number of ether oxygens (including phenoxy) is 1. The molecule has 3 heterocycles. The van der Waals surface area contributed by atoms with E-state index in [4.69, 9.17) is 4.74 Å². The maximum absolute atomic E-state index is 13.6. The van der Waals surface area contributed by atoms with Crippen molar-refractivity contribution < 1.29 is 13.9 Å². The summed E-state index contributed by atoms with van der Waals surface area (Å²) in [6, 6.07) is 4.76. The fourth-order valence-corrected chi connectivity index (χ4v) is 3.88. The molecule has 4 rings (SSSR count). The van der Waals surface area contributed by atoms with Crippen molar-refractivity contribution in [3.8, 4) is 5.75 Å². The molecule has 3 atom stereocenters. The van der Waals surface area contributed by atoms with Gasteiger partial charge in [-0.15, -0.1) is 0 Å². The van der Waals surface area contributed by atoms with Gasteiger partial charge in [-0.3, -0.25) is 9.69 Å². The van der Waals surface area contributed by atoms with Gasteiger partial charge in [0.05, 0.1) is 12.5 Å². The summed E-state index contributed by atoms with van der Waals surface area (Å²) in [5.74, 6) is 0.837. The van der Waals surface area contributed by atoms with Gasteiger partial charge in [0, 0.05) is 37.2 Å². The van der Waals surface area contributed by atoms with E-state index in [1.54, 1.807) is 12.1 Å². The number of likely N-dealkylation sites (tertiary alicyclic amines) is 2. The van der Waals surface area contributed by atoms with Crippen LogP contribution in [-0.4, -0.2) is 49.0 Å². The third-order valence-electron chi connectivity index (χ3n) is 5.09. The van der Waals surface area contributed by atoms with Gasteiger partial charge < -0.3 is 9.64 Å². The largest absolute Gasteiger partial charge is 0.493 e. The second kappa shape index (κ2) is 4.70. The second-order valence-electron chi connectivity index (χ2n) is 6.33. The summed E-state index contributed by atoms with van der Waals surface area (Å²) in [7, 11) is 2.01. The topological polar surface area (TPSA) is 32.8 Å². The summed E-state index contributed by atoms with van der Waals surface area (Å²) in [6.45, 7) is 3.02. The van der Waals surface area contributed by atoms with Crippen LogP contribution >= 0.6 is 0 Å². The molecule has 0 spiro atoms. The smallest absolute Gasteiger partial charge is 0.227 e. The zero-order chi connectivity index (χ0) is 14.6. The summed E-state index contributed by atoms with van der Waals surface area (Å²) in [5, 5.41) is 0. The summed E-state index contributed by atoms with van der Waals surface area (Å²) in [6.07, 6.45) is 1.10. The van der Waals surface area contributed by atoms with Crippen molar-refractivity contribution in [1.82, 2.24) is 9.80 Å². The van der Waals surface area contributed by atoms with E-state index in [1.807, 2.05) is 11.9 Å². The first-order valence-electron chi connectivity index (χ1n) is 7.56. The zero-order valence-electron chi connectivity index (χ0n) is 12.1. The molecular formula is C16H19FN2O2. The van der Waals surface area contributed by atoms with Gasteiger partial charge in [-0.25, -0.2) is 4.39 Å². The Balaban J connectivity index is 1.66. The molecule has 1 aromatic rings. The van der Waals surface area contributed by atoms with Gasteiger partial charge in [-0.1, -0.05) is 0 Å². The molecule has 0 radical (unpaired) electrons. The average Bonchev–Trinajstić information content (AvgIpc) is 2.74. The van der Waals surface area contributed by atoms with E-state index in [9.17, 15) is 9.18 Å². The Morgan fingerprint density at radius 1 is 1.38 bits per heavy atom. The molecule has 112 valence electrons. The summed E-state index contributed by atoms with van der Waals surface area (Å²) in [4.78, 5) is 16.7. The van der Waals surface area contributed by atoms with Crippen molar-refractivity contribution in [2.45, 2.75) is 12.5 Å². The van der Waals surface area contributed by atoms with Gasteiger partial charge >= 0.3 is 0 Å². The Morgan fingerprint density at radius 2 is 2.19 bits per heavy atom. The Bertz CT molecular complexity index is 588. The molecule has 21 heavy (non-hydrogen) atoms. The van der Waals surface area contributed by atoms with E-state index in [-0.39, 0.29) is 29.6 Å². The van der Waals surface area contributed by atoms with Crippen molar-refractivity contribution in [3.63, 3.8) is 0 Å². The van der Waals surface area contributed by atoms with Gasteiger partial charge in [-0.2, -0.15) is 0 Å².